The van der Waals surface area contributed by atoms with Crippen LogP contribution in [-0.4, -0.2) is 111 Å². The molecular weight excluding hydrogens is 1440 g/mol. The number of nitrogens with one attached hydrogen (secondary N) is 11. The number of H-pyrrole nitrogens is 10. The zero-order valence-corrected chi connectivity index (χ0v) is 66.7. The lowest BCUT2D eigenvalue weighted by Gasteiger charge is -2.25. The number of ether oxygens (including phenoxy) is 2. The number of carbonyl (C=O) groups is 4. The van der Waals surface area contributed by atoms with Gasteiger partial charge in [-0.15, -0.1) is 0 Å². The second-order valence-electron chi connectivity index (χ2n) is 29.2. The van der Waals surface area contributed by atoms with E-state index in [2.05, 4.69) is 104 Å². The highest BCUT2D eigenvalue weighted by Gasteiger charge is 2.25. The van der Waals surface area contributed by atoms with E-state index >= 15 is 0 Å². The summed E-state index contributed by atoms with van der Waals surface area (Å²) in [6.45, 7) is 8.10. The van der Waals surface area contributed by atoms with Crippen LogP contribution >= 0.6 is 72.9 Å². The van der Waals surface area contributed by atoms with Gasteiger partial charge in [-0.3, -0.25) is 19.4 Å². The number of thioether (sulfide) groups is 1. The molecule has 0 bridgehead atoms. The maximum absolute atomic E-state index is 12.0. The molecule has 6 aliphatic carbocycles. The van der Waals surface area contributed by atoms with E-state index < -0.39 is 0 Å². The molecule has 18 nitrogen and oxygen atoms in total. The van der Waals surface area contributed by atoms with E-state index in [0.717, 1.165) is 125 Å². The van der Waals surface area contributed by atoms with Crippen LogP contribution in [0.4, 0.5) is 0 Å². The molecule has 1 fully saturated rings. The Hall–Kier alpha value is -7.61. The van der Waals surface area contributed by atoms with Crippen LogP contribution in [0.5, 0.6) is 0 Å². The van der Waals surface area contributed by atoms with E-state index in [1.165, 1.54) is 126 Å². The number of aromatic amines is 10. The van der Waals surface area contributed by atoms with Crippen molar-refractivity contribution < 1.29 is 28.7 Å². The van der Waals surface area contributed by atoms with Crippen LogP contribution < -0.4 is 5.32 Å². The van der Waals surface area contributed by atoms with Gasteiger partial charge in [0.15, 0.2) is 29.0 Å². The van der Waals surface area contributed by atoms with Gasteiger partial charge in [0.1, 0.15) is 13.2 Å². The summed E-state index contributed by atoms with van der Waals surface area (Å²) in [6, 6.07) is 19.4. The Morgan fingerprint density at radius 3 is 1.38 bits per heavy atom. The smallest absolute Gasteiger partial charge is 0.338 e. The highest BCUT2D eigenvalue weighted by Crippen LogP contribution is 2.34. The number of nitrogens with zero attached hydrogens (tertiary/aromatic N) is 1. The van der Waals surface area contributed by atoms with E-state index in [0.29, 0.717) is 92.8 Å². The molecule has 5 aromatic heterocycles. The number of esters is 2. The third-order valence-corrected chi connectivity index (χ3v) is 22.7. The van der Waals surface area contributed by atoms with Gasteiger partial charge in [-0.25, -0.2) is 4.79 Å². The van der Waals surface area contributed by atoms with E-state index in [1.54, 1.807) is 19.1 Å². The monoisotopic (exact) mass is 1550 g/mol. The molecule has 0 radical (unpaired) electrons. The summed E-state index contributed by atoms with van der Waals surface area (Å²) >= 11 is 26.8. The first-order valence-electron chi connectivity index (χ1n) is 37.9. The van der Waals surface area contributed by atoms with Crippen molar-refractivity contribution >= 4 is 102 Å². The second-order valence-corrected chi connectivity index (χ2v) is 32.2. The number of hydrogen-bond donors (Lipinski definition) is 11. The van der Waals surface area contributed by atoms with Gasteiger partial charge in [0, 0.05) is 97.7 Å². The van der Waals surface area contributed by atoms with Crippen LogP contribution in [0.1, 0.15) is 200 Å². The Morgan fingerprint density at radius 1 is 0.519 bits per heavy atom. The Labute approximate surface area is 654 Å². The maximum atomic E-state index is 12.0. The van der Waals surface area contributed by atoms with Crippen molar-refractivity contribution in [1.29, 1.82) is 0 Å². The minimum Gasteiger partial charge on any atom is -0.461 e. The zero-order chi connectivity index (χ0) is 74.8. The number of benzene rings is 2. The average Bonchev–Trinajstić information content (AvgIpc) is 1.41. The Balaban J connectivity index is 0.000000154. The van der Waals surface area contributed by atoms with Crippen molar-refractivity contribution in [2.45, 2.75) is 188 Å². The minimum atomic E-state index is -0.261. The molecule has 13 rings (SSSR count). The number of amides is 1. The molecule has 0 saturated heterocycles. The number of hydrogen-bond acceptors (Lipinski definition) is 13. The summed E-state index contributed by atoms with van der Waals surface area (Å²) in [5.74, 6) is 4.34. The molecule has 106 heavy (non-hydrogen) atoms. The summed E-state index contributed by atoms with van der Waals surface area (Å²) < 4.78 is 14.4. The van der Waals surface area contributed by atoms with Crippen LogP contribution in [0.25, 0.3) is 0 Å². The van der Waals surface area contributed by atoms with Crippen molar-refractivity contribution in [3.05, 3.63) is 213 Å². The third-order valence-electron chi connectivity index (χ3n) is 20.4. The molecule has 5 unspecified atom stereocenters. The molecule has 24 heteroatoms. The van der Waals surface area contributed by atoms with Crippen molar-refractivity contribution in [2.75, 3.05) is 32.1 Å². The summed E-state index contributed by atoms with van der Waals surface area (Å²) in [6.07, 6.45) is 48.9. The van der Waals surface area contributed by atoms with Gasteiger partial charge in [0.05, 0.1) is 12.1 Å². The SMILES string of the molecule is CC(=O)NCC1=CCCC(Cc2c[nH]c(=S)[nH]2)C1.CC1=C(CN=Cc2ccccc2)CC(Cc2c[nH]c(=S)[nH]2)CC1.CCC(=O)SCC1=CCCC(Cc2c[nH]c(=S)[nH]2)C1.O=C(CC1CCCC1)OCC1=CCCC(Cc2c[nH]c(=S)[nH]2)C1.O=C(OCC1=CCCC(Cc2c[nH]c(=S)[nH]2)C1)c1ccccc1. The van der Waals surface area contributed by atoms with Gasteiger partial charge in [-0.2, -0.15) is 0 Å². The first-order chi connectivity index (χ1) is 51.4. The lowest BCUT2D eigenvalue weighted by atomic mass is 9.82. The predicted molar refractivity (Wildman–Crippen MR) is 440 cm³/mol. The highest BCUT2D eigenvalue weighted by atomic mass is 32.2. The summed E-state index contributed by atoms with van der Waals surface area (Å²) in [5.41, 5.74) is 15.9. The van der Waals surface area contributed by atoms with Crippen LogP contribution in [0.3, 0.4) is 0 Å². The van der Waals surface area contributed by atoms with E-state index in [4.69, 9.17) is 70.6 Å². The molecule has 1 saturated carbocycles. The molecule has 7 aromatic rings. The summed E-state index contributed by atoms with van der Waals surface area (Å²) in [7, 11) is 0. The number of allylic oxidation sites excluding steroid dienone is 5. The van der Waals surface area contributed by atoms with Gasteiger partial charge < -0.3 is 64.6 Å². The molecule has 5 atom stereocenters. The number of aromatic nitrogens is 10. The van der Waals surface area contributed by atoms with E-state index in [-0.39, 0.29) is 23.0 Å². The first-order valence-corrected chi connectivity index (χ1v) is 41.0. The molecule has 1 amide bonds. The average molecular weight is 1550 g/mol. The van der Waals surface area contributed by atoms with Crippen molar-refractivity contribution in [1.82, 2.24) is 55.2 Å². The summed E-state index contributed by atoms with van der Waals surface area (Å²) in [4.78, 5) is 81.8. The fraction of sp³-hybridized carbons (Fsp3) is 0.488. The number of aliphatic imine (C=N–C) groups is 1. The van der Waals surface area contributed by atoms with Crippen LogP contribution in [0.2, 0.25) is 0 Å². The van der Waals surface area contributed by atoms with Gasteiger partial charge in [0.2, 0.25) is 5.91 Å². The van der Waals surface area contributed by atoms with Crippen molar-refractivity contribution in [2.24, 2.45) is 40.5 Å². The molecule has 11 N–H and O–H groups in total. The molecule has 0 aliphatic heterocycles. The quantitative estimate of drug-likeness (QED) is 0.0110. The molecule has 568 valence electrons. The summed E-state index contributed by atoms with van der Waals surface area (Å²) in [5, 5.41) is 3.16. The van der Waals surface area contributed by atoms with Gasteiger partial charge >= 0.3 is 11.9 Å². The Morgan fingerprint density at radius 2 is 0.934 bits per heavy atom. The van der Waals surface area contributed by atoms with Gasteiger partial charge in [-0.05, 0) is 279 Å². The maximum Gasteiger partial charge on any atom is 0.338 e. The lowest BCUT2D eigenvalue weighted by Crippen LogP contribution is -2.24. The van der Waals surface area contributed by atoms with Crippen molar-refractivity contribution in [3.8, 4) is 0 Å². The fourth-order valence-corrected chi connectivity index (χ4v) is 16.6. The molecular formula is C82H108N12O6S6. The zero-order valence-electron chi connectivity index (χ0n) is 61.8. The third kappa shape index (κ3) is 30.6. The largest absolute Gasteiger partial charge is 0.461 e. The topological polar surface area (TPSA) is 269 Å². The lowest BCUT2D eigenvalue weighted by molar-refractivity contribution is -0.143. The molecule has 0 spiro atoms. The predicted octanol–water partition coefficient (Wildman–Crippen LogP) is 20.0. The Bertz CT molecular complexity index is 4410. The number of rotatable bonds is 25. The second kappa shape index (κ2) is 44.6. The number of imidazole rings is 5. The molecule has 2 aromatic carbocycles. The Kier molecular flexibility index (Phi) is 34.7. The molecule has 5 heterocycles. The van der Waals surface area contributed by atoms with Crippen LogP contribution in [0.15, 0.2) is 154 Å². The van der Waals surface area contributed by atoms with Gasteiger partial charge in [-0.1, -0.05) is 121 Å². The molecule has 6 aliphatic rings. The van der Waals surface area contributed by atoms with Crippen LogP contribution in [0, 0.1) is 59.4 Å². The number of carbonyl (C=O) groups excluding carboxylic acids is 4. The fourth-order valence-electron chi connectivity index (χ4n) is 14.9. The first kappa shape index (κ1) is 82.4. The highest BCUT2D eigenvalue weighted by molar-refractivity contribution is 8.13. The van der Waals surface area contributed by atoms with Crippen LogP contribution in [-0.2, 0) is 56.0 Å². The normalized spacial score (nSPS) is 19.4. The van der Waals surface area contributed by atoms with E-state index in [1.807, 2.05) is 80.5 Å². The van der Waals surface area contributed by atoms with Gasteiger partial charge in [0.25, 0.3) is 0 Å². The van der Waals surface area contributed by atoms with E-state index in [9.17, 15) is 19.2 Å². The minimum absolute atomic E-state index is 0.0189. The standard InChI is InChI=1S/C19H23N3S.C18H26N2O2S.C18H20N2O2S.C14H20N2OS2.C13H19N3OS/c1-14-7-8-16(10-18-13-21-19(23)22-18)9-17(14)12-20-11-15-5-3-2-4-6-15;21-17(10-13-4-1-2-5-13)22-12-15-7-3-6-14(8-15)9-16-11-19-18(23)20-16;21-17(15-7-2-1-3-8-15)22-12-14-6-4-5-13(9-14)10-16-11-19-18(23)20-16;1-2-13(17)19-9-11-5-3-4-10(6-11)7-12-8-15-14(18)16-12;1-9(17)14-7-11-4-2-3-10(5-11)6-12-8-15-13(18)16-12/h2-6,11,13,16H,7-10,12H2,1H3,(H2,21,22,23);7,11,13-14H,1-6,8-10,12H2,(H2,19,20,23);1-3,6-8,11,13H,4-5,9-10,12H2,(H2,19,20,23);5,8,10H,2-4,6-7,9H2,1H3,(H2,15,16,18);4,8,10H,2-3,5-7H2,1H3,(H,14,17)(H2,15,16,18). The van der Waals surface area contributed by atoms with Crippen molar-refractivity contribution in [3.63, 3.8) is 0 Å².